The van der Waals surface area contributed by atoms with Crippen molar-refractivity contribution in [3.8, 4) is 6.07 Å². The van der Waals surface area contributed by atoms with Gasteiger partial charge in [-0.2, -0.15) is 5.26 Å². The minimum atomic E-state index is 0.0265. The first-order valence-electron chi connectivity index (χ1n) is 4.62. The molecular formula is C9H15N3O. The minimum Gasteiger partial charge on any atom is -0.342 e. The summed E-state index contributed by atoms with van der Waals surface area (Å²) in [6.07, 6.45) is 1.21. The third kappa shape index (κ3) is 2.43. The Morgan fingerprint density at radius 3 is 2.77 bits per heavy atom. The van der Waals surface area contributed by atoms with E-state index in [1.165, 1.54) is 0 Å². The lowest BCUT2D eigenvalue weighted by atomic mass is 10.3. The Labute approximate surface area is 78.3 Å². The lowest BCUT2D eigenvalue weighted by Gasteiger charge is -2.19. The van der Waals surface area contributed by atoms with Crippen LogP contribution in [0.5, 0.6) is 0 Å². The number of nitrogens with two attached hydrogens (primary N) is 1. The molecule has 0 aromatic rings. The quantitative estimate of drug-likeness (QED) is 0.668. The maximum Gasteiger partial charge on any atom is 0.227 e. The zero-order valence-corrected chi connectivity index (χ0v) is 7.86. The van der Waals surface area contributed by atoms with Gasteiger partial charge in [0.2, 0.25) is 5.91 Å². The zero-order chi connectivity index (χ0) is 9.84. The largest absolute Gasteiger partial charge is 0.342 e. The first-order chi connectivity index (χ1) is 6.20. The molecule has 2 atom stereocenters. The molecule has 1 saturated carbocycles. The van der Waals surface area contributed by atoms with E-state index in [0.717, 1.165) is 6.42 Å². The summed E-state index contributed by atoms with van der Waals surface area (Å²) in [6, 6.07) is 2.09. The lowest BCUT2D eigenvalue weighted by molar-refractivity contribution is -0.132. The number of amides is 1. The summed E-state index contributed by atoms with van der Waals surface area (Å²) in [5, 5.41) is 8.39. The van der Waals surface area contributed by atoms with E-state index in [-0.39, 0.29) is 17.9 Å². The van der Waals surface area contributed by atoms with E-state index in [2.05, 4.69) is 0 Å². The van der Waals surface area contributed by atoms with Crippen molar-refractivity contribution in [2.24, 2.45) is 11.7 Å². The van der Waals surface area contributed by atoms with Gasteiger partial charge in [0.25, 0.3) is 0 Å². The number of hydrogen-bond donors (Lipinski definition) is 1. The Morgan fingerprint density at radius 1 is 1.77 bits per heavy atom. The number of nitriles is 1. The smallest absolute Gasteiger partial charge is 0.227 e. The molecule has 0 radical (unpaired) electrons. The van der Waals surface area contributed by atoms with E-state index in [1.54, 1.807) is 4.90 Å². The van der Waals surface area contributed by atoms with E-state index in [1.807, 2.05) is 13.0 Å². The zero-order valence-electron chi connectivity index (χ0n) is 7.86. The molecule has 1 rings (SSSR count). The van der Waals surface area contributed by atoms with Gasteiger partial charge in [0.05, 0.1) is 18.4 Å². The molecule has 4 nitrogen and oxygen atoms in total. The van der Waals surface area contributed by atoms with E-state index in [4.69, 9.17) is 11.0 Å². The fraction of sp³-hybridized carbons (Fsp3) is 0.778. The van der Waals surface area contributed by atoms with Gasteiger partial charge in [0.15, 0.2) is 0 Å². The maximum absolute atomic E-state index is 11.6. The van der Waals surface area contributed by atoms with Crippen LogP contribution in [0.15, 0.2) is 0 Å². The highest BCUT2D eigenvalue weighted by atomic mass is 16.2. The van der Waals surface area contributed by atoms with E-state index in [0.29, 0.717) is 19.5 Å². The highest BCUT2D eigenvalue weighted by molar-refractivity contribution is 5.82. The number of carbonyl (C=O) groups excluding carboxylic acids is 1. The summed E-state index contributed by atoms with van der Waals surface area (Å²) in [4.78, 5) is 13.3. The molecule has 2 N–H and O–H groups in total. The molecule has 1 aliphatic rings. The summed E-state index contributed by atoms with van der Waals surface area (Å²) >= 11 is 0. The molecule has 1 aliphatic carbocycles. The second kappa shape index (κ2) is 4.24. The van der Waals surface area contributed by atoms with Gasteiger partial charge in [0, 0.05) is 19.1 Å². The van der Waals surface area contributed by atoms with Gasteiger partial charge in [0.1, 0.15) is 0 Å². The van der Waals surface area contributed by atoms with Crippen LogP contribution < -0.4 is 5.73 Å². The molecule has 1 fully saturated rings. The van der Waals surface area contributed by atoms with E-state index in [9.17, 15) is 4.79 Å². The third-order valence-corrected chi connectivity index (χ3v) is 2.34. The van der Waals surface area contributed by atoms with Gasteiger partial charge in [-0.3, -0.25) is 4.79 Å². The molecule has 4 heteroatoms. The van der Waals surface area contributed by atoms with Crippen LogP contribution in [0, 0.1) is 17.2 Å². The average Bonchev–Trinajstić information content (AvgIpc) is 2.84. The summed E-state index contributed by atoms with van der Waals surface area (Å²) in [7, 11) is 0. The number of carbonyl (C=O) groups is 1. The topological polar surface area (TPSA) is 70.1 Å². The van der Waals surface area contributed by atoms with Crippen LogP contribution in [-0.2, 0) is 4.79 Å². The maximum atomic E-state index is 11.6. The second-order valence-corrected chi connectivity index (χ2v) is 3.33. The van der Waals surface area contributed by atoms with Crippen LogP contribution in [0.4, 0.5) is 0 Å². The number of rotatable bonds is 4. The summed E-state index contributed by atoms with van der Waals surface area (Å²) in [6.45, 7) is 3.13. The highest BCUT2D eigenvalue weighted by Gasteiger charge is 2.41. The SMILES string of the molecule is CCN(CCC#N)C(=O)C1CC1N. The van der Waals surface area contributed by atoms with Gasteiger partial charge in [-0.25, -0.2) is 0 Å². The first kappa shape index (κ1) is 10.0. The second-order valence-electron chi connectivity index (χ2n) is 3.33. The molecule has 0 bridgehead atoms. The summed E-state index contributed by atoms with van der Waals surface area (Å²) in [5.41, 5.74) is 5.58. The van der Waals surface area contributed by atoms with Crippen LogP contribution in [0.1, 0.15) is 19.8 Å². The minimum absolute atomic E-state index is 0.0265. The van der Waals surface area contributed by atoms with Gasteiger partial charge in [-0.15, -0.1) is 0 Å². The van der Waals surface area contributed by atoms with Crippen LogP contribution in [-0.4, -0.2) is 29.9 Å². The van der Waals surface area contributed by atoms with Crippen molar-refractivity contribution >= 4 is 5.91 Å². The Morgan fingerprint density at radius 2 is 2.38 bits per heavy atom. The van der Waals surface area contributed by atoms with Gasteiger partial charge in [-0.1, -0.05) is 0 Å². The molecule has 13 heavy (non-hydrogen) atoms. The molecule has 0 heterocycles. The Kier molecular flexibility index (Phi) is 3.26. The molecule has 1 amide bonds. The fourth-order valence-electron chi connectivity index (χ4n) is 1.34. The third-order valence-electron chi connectivity index (χ3n) is 2.34. The number of nitrogens with zero attached hydrogens (tertiary/aromatic N) is 2. The van der Waals surface area contributed by atoms with Gasteiger partial charge < -0.3 is 10.6 Å². The molecular weight excluding hydrogens is 166 g/mol. The Bertz CT molecular complexity index is 234. The van der Waals surface area contributed by atoms with Crippen molar-refractivity contribution in [1.82, 2.24) is 4.90 Å². The van der Waals surface area contributed by atoms with Crippen LogP contribution in [0.2, 0.25) is 0 Å². The van der Waals surface area contributed by atoms with E-state index < -0.39 is 0 Å². The van der Waals surface area contributed by atoms with Crippen LogP contribution in [0.25, 0.3) is 0 Å². The molecule has 0 spiro atoms. The first-order valence-corrected chi connectivity index (χ1v) is 4.62. The van der Waals surface area contributed by atoms with Crippen molar-refractivity contribution in [3.63, 3.8) is 0 Å². The standard InChI is InChI=1S/C9H15N3O/c1-2-12(5-3-4-10)9(13)7-6-8(7)11/h7-8H,2-3,5-6,11H2,1H3. The Balaban J connectivity index is 2.38. The normalized spacial score (nSPS) is 25.0. The highest BCUT2D eigenvalue weighted by Crippen LogP contribution is 2.29. The molecule has 0 aromatic heterocycles. The van der Waals surface area contributed by atoms with Crippen LogP contribution >= 0.6 is 0 Å². The van der Waals surface area contributed by atoms with E-state index >= 15 is 0 Å². The summed E-state index contributed by atoms with van der Waals surface area (Å²) in [5.74, 6) is 0.142. The average molecular weight is 181 g/mol. The molecule has 0 saturated heterocycles. The van der Waals surface area contributed by atoms with Crippen molar-refractivity contribution in [2.75, 3.05) is 13.1 Å². The predicted molar refractivity (Wildman–Crippen MR) is 48.6 cm³/mol. The predicted octanol–water partition coefficient (Wildman–Crippen LogP) is 0.0958. The van der Waals surface area contributed by atoms with Crippen molar-refractivity contribution in [2.45, 2.75) is 25.8 Å². The number of hydrogen-bond acceptors (Lipinski definition) is 3. The van der Waals surface area contributed by atoms with Gasteiger partial charge >= 0.3 is 0 Å². The fourth-order valence-corrected chi connectivity index (χ4v) is 1.34. The van der Waals surface area contributed by atoms with Gasteiger partial charge in [-0.05, 0) is 13.3 Å². The Hall–Kier alpha value is -1.08. The molecule has 0 aromatic carbocycles. The van der Waals surface area contributed by atoms with Crippen molar-refractivity contribution < 1.29 is 4.79 Å². The van der Waals surface area contributed by atoms with Crippen molar-refractivity contribution in [3.05, 3.63) is 0 Å². The summed E-state index contributed by atoms with van der Waals surface area (Å²) < 4.78 is 0. The lowest BCUT2D eigenvalue weighted by Crippen LogP contribution is -2.34. The molecule has 2 unspecified atom stereocenters. The molecule has 0 aliphatic heterocycles. The van der Waals surface area contributed by atoms with Crippen LogP contribution in [0.3, 0.4) is 0 Å². The molecule has 72 valence electrons. The van der Waals surface area contributed by atoms with Crippen molar-refractivity contribution in [1.29, 1.82) is 5.26 Å². The monoisotopic (exact) mass is 181 g/mol.